The molecule has 1 N–H and O–H groups in total. The molecule has 0 radical (unpaired) electrons. The quantitative estimate of drug-likeness (QED) is 0.671. The van der Waals surface area contributed by atoms with Gasteiger partial charge in [0.2, 0.25) is 0 Å². The third-order valence-corrected chi connectivity index (χ3v) is 2.00. The molecule has 1 aromatic carbocycles. The predicted octanol–water partition coefficient (Wildman–Crippen LogP) is 2.40. The fourth-order valence-electron chi connectivity index (χ4n) is 1.11. The number of carbonyl (C=O) groups is 1. The first kappa shape index (κ1) is 7.43. The highest BCUT2D eigenvalue weighted by Gasteiger charge is 2.17. The van der Waals surface area contributed by atoms with Crippen LogP contribution in [0.25, 0.3) is 0 Å². The van der Waals surface area contributed by atoms with E-state index in [1.807, 2.05) is 12.1 Å². The Morgan fingerprint density at radius 2 is 2.33 bits per heavy atom. The fourth-order valence-corrected chi connectivity index (χ4v) is 1.35. The number of benzene rings is 1. The second kappa shape index (κ2) is 2.68. The minimum Gasteiger partial charge on any atom is -0.444 e. The van der Waals surface area contributed by atoms with E-state index in [0.717, 1.165) is 5.56 Å². The smallest absolute Gasteiger partial charge is 0.412 e. The van der Waals surface area contributed by atoms with Crippen LogP contribution >= 0.6 is 11.6 Å². The van der Waals surface area contributed by atoms with Crippen LogP contribution in [0.2, 0.25) is 5.02 Å². The average Bonchev–Trinajstić information content (AvgIpc) is 2.07. The van der Waals surface area contributed by atoms with Crippen molar-refractivity contribution in [1.29, 1.82) is 0 Å². The normalized spacial score (nSPS) is 14.6. The Kier molecular flexibility index (Phi) is 1.66. The number of amides is 1. The number of para-hydroxylation sites is 1. The lowest BCUT2D eigenvalue weighted by molar-refractivity contribution is 0.151. The Morgan fingerprint density at radius 1 is 1.50 bits per heavy atom. The molecule has 1 aliphatic heterocycles. The van der Waals surface area contributed by atoms with E-state index in [-0.39, 0.29) is 0 Å². The Balaban J connectivity index is 2.50. The van der Waals surface area contributed by atoms with Crippen LogP contribution in [0.1, 0.15) is 5.56 Å². The molecule has 2 rings (SSSR count). The molecular weight excluding hydrogens is 178 g/mol. The fraction of sp³-hybridized carbons (Fsp3) is 0.125. The van der Waals surface area contributed by atoms with Gasteiger partial charge in [0.05, 0.1) is 10.7 Å². The van der Waals surface area contributed by atoms with Crippen molar-refractivity contribution in [3.8, 4) is 0 Å². The van der Waals surface area contributed by atoms with Gasteiger partial charge in [-0.2, -0.15) is 0 Å². The van der Waals surface area contributed by atoms with Gasteiger partial charge in [-0.25, -0.2) is 4.79 Å². The van der Waals surface area contributed by atoms with Crippen molar-refractivity contribution >= 4 is 23.4 Å². The van der Waals surface area contributed by atoms with Crippen molar-refractivity contribution in [2.75, 3.05) is 5.32 Å². The van der Waals surface area contributed by atoms with E-state index in [9.17, 15) is 4.79 Å². The van der Waals surface area contributed by atoms with Crippen molar-refractivity contribution < 1.29 is 9.53 Å². The Bertz CT molecular complexity index is 338. The second-order valence-electron chi connectivity index (χ2n) is 2.48. The number of nitrogens with one attached hydrogen (secondary N) is 1. The van der Waals surface area contributed by atoms with E-state index in [4.69, 9.17) is 16.3 Å². The molecule has 1 amide bonds. The van der Waals surface area contributed by atoms with Gasteiger partial charge in [0.25, 0.3) is 0 Å². The molecule has 0 aliphatic carbocycles. The molecule has 0 unspecified atom stereocenters. The molecule has 3 nitrogen and oxygen atoms in total. The van der Waals surface area contributed by atoms with Crippen LogP contribution in [-0.4, -0.2) is 6.09 Å². The van der Waals surface area contributed by atoms with Gasteiger partial charge in [-0.05, 0) is 6.07 Å². The summed E-state index contributed by atoms with van der Waals surface area (Å²) in [5.41, 5.74) is 1.57. The maximum absolute atomic E-state index is 10.8. The van der Waals surface area contributed by atoms with E-state index >= 15 is 0 Å². The first-order valence-electron chi connectivity index (χ1n) is 3.48. The van der Waals surface area contributed by atoms with Crippen LogP contribution in [0, 0.1) is 0 Å². The third kappa shape index (κ3) is 1.12. The van der Waals surface area contributed by atoms with Gasteiger partial charge in [0.1, 0.15) is 6.61 Å². The zero-order chi connectivity index (χ0) is 8.55. The predicted molar refractivity (Wildman–Crippen MR) is 45.3 cm³/mol. The number of hydrogen-bond donors (Lipinski definition) is 1. The molecule has 4 heteroatoms. The molecule has 0 atom stereocenters. The summed E-state index contributed by atoms with van der Waals surface area (Å²) in [6.07, 6.45) is -0.449. The van der Waals surface area contributed by atoms with Crippen molar-refractivity contribution in [1.82, 2.24) is 0 Å². The Hall–Kier alpha value is -1.22. The number of fused-ring (bicyclic) bond motifs is 1. The topological polar surface area (TPSA) is 38.3 Å². The number of hydrogen-bond acceptors (Lipinski definition) is 2. The minimum atomic E-state index is -0.449. The summed E-state index contributed by atoms with van der Waals surface area (Å²) >= 11 is 5.84. The third-order valence-electron chi connectivity index (χ3n) is 1.69. The lowest BCUT2D eigenvalue weighted by atomic mass is 10.2. The highest BCUT2D eigenvalue weighted by Crippen LogP contribution is 2.29. The molecule has 1 aliphatic rings. The molecule has 0 saturated heterocycles. The van der Waals surface area contributed by atoms with E-state index in [0.29, 0.717) is 17.3 Å². The molecule has 1 aromatic rings. The number of halogens is 1. The maximum atomic E-state index is 10.8. The number of carbonyl (C=O) groups excluding carboxylic acids is 1. The Morgan fingerprint density at radius 3 is 3.17 bits per heavy atom. The summed E-state index contributed by atoms with van der Waals surface area (Å²) in [5.74, 6) is 0. The van der Waals surface area contributed by atoms with E-state index < -0.39 is 6.09 Å². The van der Waals surface area contributed by atoms with Crippen LogP contribution in [0.15, 0.2) is 18.2 Å². The van der Waals surface area contributed by atoms with E-state index in [2.05, 4.69) is 5.32 Å². The van der Waals surface area contributed by atoms with Crippen molar-refractivity contribution in [3.63, 3.8) is 0 Å². The molecule has 0 spiro atoms. The van der Waals surface area contributed by atoms with Gasteiger partial charge in [0.15, 0.2) is 0 Å². The molecule has 1 heterocycles. The van der Waals surface area contributed by atoms with E-state index in [1.165, 1.54) is 0 Å². The summed E-state index contributed by atoms with van der Waals surface area (Å²) in [7, 11) is 0. The first-order valence-corrected chi connectivity index (χ1v) is 3.86. The molecule has 0 bridgehead atoms. The molecule has 0 aromatic heterocycles. The standard InChI is InChI=1S/C8H6ClNO2/c9-6-3-1-2-5-4-12-8(11)10-7(5)6/h1-3H,4H2,(H,10,11). The maximum Gasteiger partial charge on any atom is 0.412 e. The van der Waals surface area contributed by atoms with Gasteiger partial charge in [-0.3, -0.25) is 5.32 Å². The lowest BCUT2D eigenvalue weighted by Crippen LogP contribution is -2.20. The van der Waals surface area contributed by atoms with Crippen molar-refractivity contribution in [2.24, 2.45) is 0 Å². The summed E-state index contributed by atoms with van der Waals surface area (Å²) < 4.78 is 4.75. The van der Waals surface area contributed by atoms with Gasteiger partial charge in [-0.15, -0.1) is 0 Å². The summed E-state index contributed by atoms with van der Waals surface area (Å²) in [6, 6.07) is 5.41. The van der Waals surface area contributed by atoms with Crippen molar-refractivity contribution in [2.45, 2.75) is 6.61 Å². The number of rotatable bonds is 0. The van der Waals surface area contributed by atoms with Gasteiger partial charge in [0, 0.05) is 5.56 Å². The molecule has 12 heavy (non-hydrogen) atoms. The number of anilines is 1. The van der Waals surface area contributed by atoms with Crippen molar-refractivity contribution in [3.05, 3.63) is 28.8 Å². The van der Waals surface area contributed by atoms with Crippen LogP contribution in [0.4, 0.5) is 10.5 Å². The average molecular weight is 184 g/mol. The van der Waals surface area contributed by atoms with Gasteiger partial charge < -0.3 is 4.74 Å². The summed E-state index contributed by atoms with van der Waals surface area (Å²) in [6.45, 7) is 0.293. The SMILES string of the molecule is O=C1Nc2c(Cl)cccc2CO1. The Labute approximate surface area is 74.3 Å². The van der Waals surface area contributed by atoms with Crippen LogP contribution in [0.5, 0.6) is 0 Å². The van der Waals surface area contributed by atoms with Crippen LogP contribution in [0.3, 0.4) is 0 Å². The van der Waals surface area contributed by atoms with E-state index in [1.54, 1.807) is 6.07 Å². The first-order chi connectivity index (χ1) is 5.77. The molecule has 0 fully saturated rings. The van der Waals surface area contributed by atoms with Gasteiger partial charge in [-0.1, -0.05) is 23.7 Å². The molecular formula is C8H6ClNO2. The lowest BCUT2D eigenvalue weighted by Gasteiger charge is -2.17. The molecule has 62 valence electrons. The van der Waals surface area contributed by atoms with Crippen LogP contribution < -0.4 is 5.32 Å². The number of ether oxygens (including phenoxy) is 1. The minimum absolute atomic E-state index is 0.293. The highest BCUT2D eigenvalue weighted by atomic mass is 35.5. The molecule has 0 saturated carbocycles. The van der Waals surface area contributed by atoms with Gasteiger partial charge >= 0.3 is 6.09 Å². The van der Waals surface area contributed by atoms with Crippen LogP contribution in [-0.2, 0) is 11.3 Å². The largest absolute Gasteiger partial charge is 0.444 e. The summed E-state index contributed by atoms with van der Waals surface area (Å²) in [4.78, 5) is 10.8. The highest BCUT2D eigenvalue weighted by molar-refractivity contribution is 6.33. The zero-order valence-electron chi connectivity index (χ0n) is 6.13. The zero-order valence-corrected chi connectivity index (χ0v) is 6.89. The second-order valence-corrected chi connectivity index (χ2v) is 2.88. The summed E-state index contributed by atoms with van der Waals surface area (Å²) in [5, 5.41) is 3.08. The monoisotopic (exact) mass is 183 g/mol. The number of cyclic esters (lactones) is 1.